The van der Waals surface area contributed by atoms with Crippen molar-refractivity contribution in [3.8, 4) is 78.7 Å². The lowest BCUT2D eigenvalue weighted by Gasteiger charge is -2.13. The molecule has 3 aromatic heterocycles. The van der Waals surface area contributed by atoms with E-state index in [4.69, 9.17) is 9.97 Å². The van der Waals surface area contributed by atoms with Gasteiger partial charge in [0.2, 0.25) is 0 Å². The summed E-state index contributed by atoms with van der Waals surface area (Å²) in [5.41, 5.74) is 12.3. The number of pyridine rings is 1. The molecule has 5 aromatic carbocycles. The lowest BCUT2D eigenvalue weighted by molar-refractivity contribution is 1.18. The van der Waals surface area contributed by atoms with Crippen molar-refractivity contribution in [3.63, 3.8) is 0 Å². The predicted molar refractivity (Wildman–Crippen MR) is 193 cm³/mol. The second-order valence-electron chi connectivity index (χ2n) is 11.5. The molecular formula is C43H29N5. The maximum Gasteiger partial charge on any atom is 0.160 e. The van der Waals surface area contributed by atoms with Crippen molar-refractivity contribution in [1.29, 1.82) is 0 Å². The highest BCUT2D eigenvalue weighted by molar-refractivity contribution is 5.82. The van der Waals surface area contributed by atoms with Crippen LogP contribution < -0.4 is 0 Å². The highest BCUT2D eigenvalue weighted by Gasteiger charge is 2.14. The van der Waals surface area contributed by atoms with Crippen LogP contribution in [-0.4, -0.2) is 24.9 Å². The topological polar surface area (TPSA) is 64.5 Å². The van der Waals surface area contributed by atoms with Crippen LogP contribution >= 0.6 is 0 Å². The third-order valence-electron chi connectivity index (χ3n) is 8.33. The third-order valence-corrected chi connectivity index (χ3v) is 8.33. The van der Waals surface area contributed by atoms with Crippen LogP contribution in [0.15, 0.2) is 176 Å². The smallest absolute Gasteiger partial charge is 0.160 e. The van der Waals surface area contributed by atoms with Gasteiger partial charge in [0, 0.05) is 47.0 Å². The number of hydrogen-bond donors (Lipinski definition) is 0. The maximum absolute atomic E-state index is 5.14. The first-order chi connectivity index (χ1) is 23.8. The van der Waals surface area contributed by atoms with Crippen LogP contribution in [0.2, 0.25) is 0 Å². The second kappa shape index (κ2) is 13.0. The van der Waals surface area contributed by atoms with Crippen molar-refractivity contribution in [2.75, 3.05) is 0 Å². The highest BCUT2D eigenvalue weighted by Crippen LogP contribution is 2.35. The molecule has 0 aliphatic carbocycles. The second-order valence-corrected chi connectivity index (χ2v) is 11.5. The molecule has 0 radical (unpaired) electrons. The van der Waals surface area contributed by atoms with Crippen LogP contribution in [0.5, 0.6) is 0 Å². The molecule has 226 valence electrons. The van der Waals surface area contributed by atoms with E-state index in [-0.39, 0.29) is 0 Å². The Morgan fingerprint density at radius 3 is 1.23 bits per heavy atom. The van der Waals surface area contributed by atoms with Gasteiger partial charge in [-0.05, 0) is 75.8 Å². The molecule has 5 nitrogen and oxygen atoms in total. The van der Waals surface area contributed by atoms with Gasteiger partial charge in [0.15, 0.2) is 11.6 Å². The van der Waals surface area contributed by atoms with Gasteiger partial charge in [-0.1, -0.05) is 109 Å². The summed E-state index contributed by atoms with van der Waals surface area (Å²) in [5.74, 6) is 1.37. The molecular weight excluding hydrogens is 587 g/mol. The quantitative estimate of drug-likeness (QED) is 0.178. The van der Waals surface area contributed by atoms with Gasteiger partial charge in [0.1, 0.15) is 0 Å². The van der Waals surface area contributed by atoms with Crippen LogP contribution in [0.3, 0.4) is 0 Å². The van der Waals surface area contributed by atoms with Crippen LogP contribution in [0, 0.1) is 0 Å². The molecule has 0 saturated heterocycles. The zero-order chi connectivity index (χ0) is 32.1. The van der Waals surface area contributed by atoms with Crippen molar-refractivity contribution in [1.82, 2.24) is 24.9 Å². The van der Waals surface area contributed by atoms with Gasteiger partial charge < -0.3 is 0 Å². The first-order valence-electron chi connectivity index (χ1n) is 15.8. The van der Waals surface area contributed by atoms with E-state index in [9.17, 15) is 0 Å². The Labute approximate surface area is 279 Å². The molecule has 0 unspecified atom stereocenters. The molecule has 0 fully saturated rings. The summed E-state index contributed by atoms with van der Waals surface area (Å²) in [6.07, 6.45) is 7.17. The Balaban J connectivity index is 1.28. The Hall–Kier alpha value is -6.59. The molecule has 8 aromatic rings. The monoisotopic (exact) mass is 615 g/mol. The normalized spacial score (nSPS) is 10.9. The van der Waals surface area contributed by atoms with Gasteiger partial charge in [-0.25, -0.2) is 19.9 Å². The molecule has 0 spiro atoms. The summed E-state index contributed by atoms with van der Waals surface area (Å²) in [6.45, 7) is 0. The lowest BCUT2D eigenvalue weighted by Crippen LogP contribution is -1.97. The Morgan fingerprint density at radius 2 is 0.708 bits per heavy atom. The SMILES string of the molecule is c1ccc(-c2cc(-c3ccccc3)nc(-c3cc(-c4ccc(-c5ccncc5)cc4)cc(-c4ccc(-c5ncccn5)cc4)c3)n2)cc1. The van der Waals surface area contributed by atoms with Gasteiger partial charge in [0.05, 0.1) is 11.4 Å². The van der Waals surface area contributed by atoms with E-state index in [0.717, 1.165) is 67.0 Å². The van der Waals surface area contributed by atoms with E-state index in [1.165, 1.54) is 0 Å². The number of benzene rings is 5. The summed E-state index contributed by atoms with van der Waals surface area (Å²) in [7, 11) is 0. The summed E-state index contributed by atoms with van der Waals surface area (Å²) in [6, 6.07) is 52.2. The third kappa shape index (κ3) is 6.13. The fourth-order valence-electron chi connectivity index (χ4n) is 5.84. The highest BCUT2D eigenvalue weighted by atomic mass is 14.9. The Morgan fingerprint density at radius 1 is 0.271 bits per heavy atom. The minimum Gasteiger partial charge on any atom is -0.265 e. The molecule has 0 atom stereocenters. The molecule has 0 aliphatic rings. The zero-order valence-electron chi connectivity index (χ0n) is 26.0. The van der Waals surface area contributed by atoms with E-state index in [1.54, 1.807) is 12.4 Å². The standard InChI is InChI=1S/C43H29N5/c1-3-8-34(9-4-1)40-29-41(35-10-5-2-6-11-35)48-43(47-40)39-27-37(31-14-12-30(13-15-31)33-20-24-44-25-21-33)26-38(28-39)32-16-18-36(19-17-32)42-45-22-7-23-46-42/h1-29H. The Bertz CT molecular complexity index is 2130. The van der Waals surface area contributed by atoms with Gasteiger partial charge in [0.25, 0.3) is 0 Å². The van der Waals surface area contributed by atoms with E-state index >= 15 is 0 Å². The minimum atomic E-state index is 0.668. The van der Waals surface area contributed by atoms with Crippen molar-refractivity contribution in [2.45, 2.75) is 0 Å². The minimum absolute atomic E-state index is 0.668. The lowest BCUT2D eigenvalue weighted by atomic mass is 9.94. The van der Waals surface area contributed by atoms with Gasteiger partial charge in [-0.15, -0.1) is 0 Å². The van der Waals surface area contributed by atoms with Crippen molar-refractivity contribution < 1.29 is 0 Å². The molecule has 0 saturated carbocycles. The summed E-state index contributed by atoms with van der Waals surface area (Å²) < 4.78 is 0. The van der Waals surface area contributed by atoms with Crippen LogP contribution in [-0.2, 0) is 0 Å². The summed E-state index contributed by atoms with van der Waals surface area (Å²) in [5, 5.41) is 0. The molecule has 0 bridgehead atoms. The van der Waals surface area contributed by atoms with Crippen LogP contribution in [0.25, 0.3) is 78.7 Å². The van der Waals surface area contributed by atoms with Gasteiger partial charge >= 0.3 is 0 Å². The van der Waals surface area contributed by atoms with E-state index < -0.39 is 0 Å². The molecule has 3 heterocycles. The first-order valence-corrected chi connectivity index (χ1v) is 15.8. The fraction of sp³-hybridized carbons (Fsp3) is 0. The summed E-state index contributed by atoms with van der Waals surface area (Å²) >= 11 is 0. The van der Waals surface area contributed by atoms with Crippen molar-refractivity contribution in [3.05, 3.63) is 176 Å². The molecule has 8 rings (SSSR count). The summed E-state index contributed by atoms with van der Waals surface area (Å²) in [4.78, 5) is 23.3. The van der Waals surface area contributed by atoms with E-state index in [2.05, 4.69) is 112 Å². The Kier molecular flexibility index (Phi) is 7.83. The van der Waals surface area contributed by atoms with Crippen LogP contribution in [0.4, 0.5) is 0 Å². The maximum atomic E-state index is 5.14. The van der Waals surface area contributed by atoms with Crippen molar-refractivity contribution in [2.24, 2.45) is 0 Å². The van der Waals surface area contributed by atoms with Crippen LogP contribution in [0.1, 0.15) is 0 Å². The molecule has 0 amide bonds. The molecule has 0 N–H and O–H groups in total. The van der Waals surface area contributed by atoms with Crippen molar-refractivity contribution >= 4 is 0 Å². The van der Waals surface area contributed by atoms with E-state index in [1.807, 2.05) is 67.0 Å². The number of aromatic nitrogens is 5. The molecule has 48 heavy (non-hydrogen) atoms. The average Bonchev–Trinajstić information content (AvgIpc) is 3.19. The largest absolute Gasteiger partial charge is 0.265 e. The van der Waals surface area contributed by atoms with Gasteiger partial charge in [-0.2, -0.15) is 0 Å². The van der Waals surface area contributed by atoms with E-state index in [0.29, 0.717) is 11.6 Å². The fourth-order valence-corrected chi connectivity index (χ4v) is 5.84. The average molecular weight is 616 g/mol. The number of rotatable bonds is 7. The predicted octanol–water partition coefficient (Wildman–Crippen LogP) is 10.3. The van der Waals surface area contributed by atoms with Gasteiger partial charge in [-0.3, -0.25) is 4.98 Å². The molecule has 0 aliphatic heterocycles. The number of hydrogen-bond acceptors (Lipinski definition) is 5. The molecule has 5 heteroatoms. The number of nitrogens with zero attached hydrogens (tertiary/aromatic N) is 5. The zero-order valence-corrected chi connectivity index (χ0v) is 26.0. The first kappa shape index (κ1) is 28.9.